The number of hydrogen-bond acceptors (Lipinski definition) is 6. The summed E-state index contributed by atoms with van der Waals surface area (Å²) in [4.78, 5) is 25.1. The van der Waals surface area contributed by atoms with Gasteiger partial charge in [0, 0.05) is 25.0 Å². The van der Waals surface area contributed by atoms with Gasteiger partial charge in [-0.1, -0.05) is 16.7 Å². The first-order valence-electron chi connectivity index (χ1n) is 7.83. The largest absolute Gasteiger partial charge is 0.288 e. The van der Waals surface area contributed by atoms with Crippen LogP contribution in [-0.2, 0) is 14.1 Å². The van der Waals surface area contributed by atoms with Gasteiger partial charge in [-0.25, -0.2) is 9.36 Å². The molecule has 2 heterocycles. The molecule has 0 spiro atoms. The number of nitrogens with one attached hydrogen (secondary N) is 1. The SMILES string of the molecule is Cn1nnnc1NC(=O)c1nn(C)c(=O)c(C2CCC(Cl)CC2)c1Cl. The average molecular weight is 386 g/mol. The minimum Gasteiger partial charge on any atom is -0.288 e. The number of carbonyl (C=O) groups excluding carboxylic acids is 1. The summed E-state index contributed by atoms with van der Waals surface area (Å²) in [5, 5.41) is 17.5. The molecule has 3 rings (SSSR count). The van der Waals surface area contributed by atoms with E-state index < -0.39 is 5.91 Å². The number of amides is 1. The fourth-order valence-corrected chi connectivity index (χ4v) is 3.58. The lowest BCUT2D eigenvalue weighted by Gasteiger charge is -2.26. The molecule has 2 aromatic rings. The molecule has 0 atom stereocenters. The van der Waals surface area contributed by atoms with Gasteiger partial charge in [0.25, 0.3) is 11.5 Å². The Balaban J connectivity index is 1.96. The fraction of sp³-hybridized carbons (Fsp3) is 0.571. The second kappa shape index (κ2) is 7.09. The maximum absolute atomic E-state index is 12.5. The van der Waals surface area contributed by atoms with Crippen molar-refractivity contribution in [3.63, 3.8) is 0 Å². The molecular formula is C14H17Cl2N7O2. The zero-order valence-electron chi connectivity index (χ0n) is 13.7. The second-order valence-electron chi connectivity index (χ2n) is 6.03. The molecule has 1 N–H and O–H groups in total. The van der Waals surface area contributed by atoms with Gasteiger partial charge in [-0.15, -0.1) is 11.6 Å². The number of alkyl halides is 1. The molecule has 0 aliphatic heterocycles. The molecule has 1 amide bonds. The summed E-state index contributed by atoms with van der Waals surface area (Å²) < 4.78 is 2.44. The normalized spacial score (nSPS) is 20.5. The average Bonchev–Trinajstić information content (AvgIpc) is 2.97. The second-order valence-corrected chi connectivity index (χ2v) is 7.03. The molecule has 0 saturated heterocycles. The van der Waals surface area contributed by atoms with Crippen molar-refractivity contribution < 1.29 is 4.79 Å². The molecule has 134 valence electrons. The summed E-state index contributed by atoms with van der Waals surface area (Å²) in [6, 6.07) is 0. The van der Waals surface area contributed by atoms with Crippen LogP contribution in [0.25, 0.3) is 0 Å². The first kappa shape index (κ1) is 17.8. The van der Waals surface area contributed by atoms with Crippen molar-refractivity contribution in [3.05, 3.63) is 26.6 Å². The van der Waals surface area contributed by atoms with Crippen LogP contribution in [0.5, 0.6) is 0 Å². The zero-order chi connectivity index (χ0) is 18.1. The molecule has 11 heteroatoms. The molecule has 1 fully saturated rings. The lowest BCUT2D eigenvalue weighted by molar-refractivity contribution is 0.101. The minimum absolute atomic E-state index is 0.0326. The standard InChI is InChI=1S/C14H17Cl2N7O2/c1-22-13(25)9(7-3-5-8(15)6-4-7)10(16)11(19-22)12(24)17-14-18-20-21-23(14)2/h7-8H,3-6H2,1-2H3,(H,17,18,21,24). The highest BCUT2D eigenvalue weighted by atomic mass is 35.5. The molecule has 1 saturated carbocycles. The quantitative estimate of drug-likeness (QED) is 0.801. The van der Waals surface area contributed by atoms with E-state index in [9.17, 15) is 9.59 Å². The van der Waals surface area contributed by atoms with Crippen molar-refractivity contribution in [2.75, 3.05) is 5.32 Å². The van der Waals surface area contributed by atoms with Crippen molar-refractivity contribution in [3.8, 4) is 0 Å². The lowest BCUT2D eigenvalue weighted by Crippen LogP contribution is -2.31. The van der Waals surface area contributed by atoms with Crippen LogP contribution in [0.3, 0.4) is 0 Å². The van der Waals surface area contributed by atoms with Crippen LogP contribution >= 0.6 is 23.2 Å². The van der Waals surface area contributed by atoms with Crippen LogP contribution in [0, 0.1) is 0 Å². The highest BCUT2D eigenvalue weighted by Gasteiger charge is 2.29. The molecule has 0 aromatic carbocycles. The third kappa shape index (κ3) is 3.52. The van der Waals surface area contributed by atoms with E-state index in [1.165, 1.54) is 11.7 Å². The van der Waals surface area contributed by atoms with Gasteiger partial charge in [0.15, 0.2) is 5.69 Å². The molecule has 1 aliphatic rings. The molecular weight excluding hydrogens is 369 g/mol. The number of carbonyl (C=O) groups is 1. The van der Waals surface area contributed by atoms with Gasteiger partial charge < -0.3 is 0 Å². The topological polar surface area (TPSA) is 108 Å². The van der Waals surface area contributed by atoms with Crippen molar-refractivity contribution in [1.29, 1.82) is 0 Å². The summed E-state index contributed by atoms with van der Waals surface area (Å²) in [5.74, 6) is -0.459. The van der Waals surface area contributed by atoms with Crippen molar-refractivity contribution in [1.82, 2.24) is 30.0 Å². The van der Waals surface area contributed by atoms with Crippen molar-refractivity contribution in [2.24, 2.45) is 14.1 Å². The van der Waals surface area contributed by atoms with Gasteiger partial charge in [-0.05, 0) is 42.0 Å². The Labute approximate surface area is 153 Å². The van der Waals surface area contributed by atoms with Crippen LogP contribution in [0.15, 0.2) is 4.79 Å². The van der Waals surface area contributed by atoms with E-state index in [-0.39, 0.29) is 33.5 Å². The summed E-state index contributed by atoms with van der Waals surface area (Å²) in [5.41, 5.74) is 0.0960. The fourth-order valence-electron chi connectivity index (χ4n) is 2.97. The van der Waals surface area contributed by atoms with Crippen molar-refractivity contribution >= 4 is 35.1 Å². The maximum atomic E-state index is 12.5. The van der Waals surface area contributed by atoms with Crippen LogP contribution < -0.4 is 10.9 Å². The summed E-state index contributed by atoms with van der Waals surface area (Å²) >= 11 is 12.5. The third-order valence-corrected chi connectivity index (χ3v) is 5.16. The highest BCUT2D eigenvalue weighted by molar-refractivity contribution is 6.34. The molecule has 0 radical (unpaired) electrons. The van der Waals surface area contributed by atoms with Gasteiger partial charge in [-0.2, -0.15) is 5.10 Å². The predicted octanol–water partition coefficient (Wildman–Crippen LogP) is 1.47. The van der Waals surface area contributed by atoms with E-state index in [1.54, 1.807) is 7.05 Å². The Morgan fingerprint density at radius 1 is 1.20 bits per heavy atom. The highest BCUT2D eigenvalue weighted by Crippen LogP contribution is 2.36. The number of anilines is 1. The lowest BCUT2D eigenvalue weighted by atomic mass is 9.84. The van der Waals surface area contributed by atoms with Crippen LogP contribution in [-0.4, -0.2) is 41.3 Å². The Hall–Kier alpha value is -2.00. The summed E-state index contributed by atoms with van der Waals surface area (Å²) in [6.45, 7) is 0. The molecule has 9 nitrogen and oxygen atoms in total. The van der Waals surface area contributed by atoms with Crippen molar-refractivity contribution in [2.45, 2.75) is 37.0 Å². The Morgan fingerprint density at radius 2 is 1.88 bits per heavy atom. The number of halogens is 2. The van der Waals surface area contributed by atoms with Gasteiger partial charge in [-0.3, -0.25) is 14.9 Å². The number of aromatic nitrogens is 6. The van der Waals surface area contributed by atoms with Gasteiger partial charge in [0.05, 0.1) is 5.02 Å². The first-order valence-corrected chi connectivity index (χ1v) is 8.64. The van der Waals surface area contributed by atoms with E-state index >= 15 is 0 Å². The molecule has 2 aromatic heterocycles. The van der Waals surface area contributed by atoms with Crippen LogP contribution in [0.2, 0.25) is 5.02 Å². The van der Waals surface area contributed by atoms with Gasteiger partial charge in [0.2, 0.25) is 5.95 Å². The maximum Gasteiger partial charge on any atom is 0.280 e. The van der Waals surface area contributed by atoms with E-state index in [0.717, 1.165) is 30.4 Å². The first-order chi connectivity index (χ1) is 11.9. The minimum atomic E-state index is -0.578. The molecule has 0 bridgehead atoms. The summed E-state index contributed by atoms with van der Waals surface area (Å²) in [7, 11) is 3.08. The number of rotatable bonds is 3. The van der Waals surface area contributed by atoms with Gasteiger partial charge >= 0.3 is 0 Å². The van der Waals surface area contributed by atoms with E-state index in [1.807, 2.05) is 0 Å². The Kier molecular flexibility index (Phi) is 5.05. The Bertz CT molecular complexity index is 855. The van der Waals surface area contributed by atoms with Crippen LogP contribution in [0.4, 0.5) is 5.95 Å². The molecule has 0 unspecified atom stereocenters. The summed E-state index contributed by atoms with van der Waals surface area (Å²) in [6.07, 6.45) is 3.11. The number of hydrogen-bond donors (Lipinski definition) is 1. The third-order valence-electron chi connectivity index (χ3n) is 4.34. The molecule has 1 aliphatic carbocycles. The predicted molar refractivity (Wildman–Crippen MR) is 92.1 cm³/mol. The van der Waals surface area contributed by atoms with E-state index in [4.69, 9.17) is 23.2 Å². The number of nitrogens with zero attached hydrogens (tertiary/aromatic N) is 6. The number of tetrazole rings is 1. The zero-order valence-corrected chi connectivity index (χ0v) is 15.3. The Morgan fingerprint density at radius 3 is 2.48 bits per heavy atom. The van der Waals surface area contributed by atoms with E-state index in [2.05, 4.69) is 25.9 Å². The van der Waals surface area contributed by atoms with Crippen LogP contribution in [0.1, 0.15) is 47.7 Å². The molecule has 25 heavy (non-hydrogen) atoms. The van der Waals surface area contributed by atoms with Gasteiger partial charge in [0.1, 0.15) is 0 Å². The number of aryl methyl sites for hydroxylation is 2. The van der Waals surface area contributed by atoms with E-state index in [0.29, 0.717) is 5.56 Å². The monoisotopic (exact) mass is 385 g/mol. The smallest absolute Gasteiger partial charge is 0.280 e.